The van der Waals surface area contributed by atoms with E-state index in [0.717, 1.165) is 12.1 Å². The van der Waals surface area contributed by atoms with E-state index >= 15 is 0 Å². The van der Waals surface area contributed by atoms with E-state index in [9.17, 15) is 13.2 Å². The lowest BCUT2D eigenvalue weighted by Gasteiger charge is -2.15. The van der Waals surface area contributed by atoms with Gasteiger partial charge in [-0.2, -0.15) is 0 Å². The second kappa shape index (κ2) is 10.7. The predicted octanol–water partition coefficient (Wildman–Crippen LogP) is 5.45. The first-order chi connectivity index (χ1) is 14.6. The molecule has 1 heterocycles. The van der Waals surface area contributed by atoms with Gasteiger partial charge in [0.15, 0.2) is 11.5 Å². The van der Waals surface area contributed by atoms with Crippen LogP contribution in [0, 0.1) is 5.41 Å². The van der Waals surface area contributed by atoms with Crippen LogP contribution >= 0.6 is 23.2 Å². The fraction of sp³-hybridized carbons (Fsp3) is 0.105. The van der Waals surface area contributed by atoms with Gasteiger partial charge in [-0.1, -0.05) is 23.2 Å². The molecule has 0 radical (unpaired) electrons. The van der Waals surface area contributed by atoms with E-state index in [1.807, 2.05) is 0 Å². The molecule has 0 fully saturated rings. The van der Waals surface area contributed by atoms with Crippen LogP contribution in [0.4, 0.5) is 13.2 Å². The number of nitrogens with zero attached hydrogens (tertiary/aromatic N) is 2. The van der Waals surface area contributed by atoms with E-state index in [-0.39, 0.29) is 38.7 Å². The highest BCUT2D eigenvalue weighted by Gasteiger charge is 2.31. The third kappa shape index (κ3) is 7.50. The summed E-state index contributed by atoms with van der Waals surface area (Å²) in [5.74, 6) is -0.674. The summed E-state index contributed by atoms with van der Waals surface area (Å²) in [4.78, 5) is 7.35. The second-order valence-electron chi connectivity index (χ2n) is 5.54. The van der Waals surface area contributed by atoms with E-state index in [1.54, 1.807) is 18.5 Å². The number of rotatable bonds is 5. The first kappa shape index (κ1) is 24.0. The number of hydrogen-bond donors (Lipinski definition) is 2. The van der Waals surface area contributed by atoms with Crippen molar-refractivity contribution in [1.29, 1.82) is 5.41 Å². The molecule has 0 amide bonds. The minimum atomic E-state index is -4.83. The van der Waals surface area contributed by atoms with Crippen molar-refractivity contribution in [3.63, 3.8) is 0 Å². The highest BCUT2D eigenvalue weighted by molar-refractivity contribution is 6.42. The molecule has 7 nitrogen and oxygen atoms in total. The quantitative estimate of drug-likeness (QED) is 0.376. The molecule has 3 N–H and O–H groups in total. The molecular weight excluding hydrogens is 460 g/mol. The molecule has 12 heteroatoms. The number of hydrogen-bond acceptors (Lipinski definition) is 6. The highest BCUT2D eigenvalue weighted by atomic mass is 35.5. The number of amidine groups is 1. The Kier molecular flexibility index (Phi) is 8.29. The lowest BCUT2D eigenvalue weighted by Crippen LogP contribution is -2.17. The van der Waals surface area contributed by atoms with Crippen molar-refractivity contribution in [2.24, 2.45) is 5.73 Å². The molecule has 3 rings (SSSR count). The summed E-state index contributed by atoms with van der Waals surface area (Å²) < 4.78 is 51.3. The number of ether oxygens (including phenoxy) is 3. The molecule has 0 aliphatic carbocycles. The van der Waals surface area contributed by atoms with Gasteiger partial charge in [-0.05, 0) is 24.3 Å². The van der Waals surface area contributed by atoms with Crippen molar-refractivity contribution in [2.45, 2.75) is 6.36 Å². The maximum Gasteiger partial charge on any atom is 0.573 e. The molecule has 0 saturated carbocycles. The average molecular weight is 475 g/mol. The van der Waals surface area contributed by atoms with E-state index in [2.05, 4.69) is 14.7 Å². The Labute approximate surface area is 185 Å². The summed E-state index contributed by atoms with van der Waals surface area (Å²) >= 11 is 11.8. The molecular formula is C19H15Cl2F3N4O3. The number of methoxy groups -OCH3 is 1. The Hall–Kier alpha value is -3.24. The third-order valence-electron chi connectivity index (χ3n) is 3.38. The van der Waals surface area contributed by atoms with E-state index in [1.165, 1.54) is 31.6 Å². The van der Waals surface area contributed by atoms with Crippen molar-refractivity contribution in [2.75, 3.05) is 7.11 Å². The standard InChI is InChI=1S/C15H11Cl2F3N2O3.C4H4N2/c1-23-13-4-7(25-15(18,19)20)2-3-11(13)24-12-6-10(17)9(16)5-8(12)14(21)22;1-2-5-4-6-3-1/h2-6H,1H3,(H3,21,22);1-4H. The molecule has 164 valence electrons. The van der Waals surface area contributed by atoms with Gasteiger partial charge in [0.05, 0.1) is 22.7 Å². The Morgan fingerprint density at radius 2 is 1.65 bits per heavy atom. The molecule has 1 aromatic heterocycles. The fourth-order valence-electron chi connectivity index (χ4n) is 2.12. The van der Waals surface area contributed by atoms with Crippen LogP contribution in [-0.2, 0) is 0 Å². The minimum Gasteiger partial charge on any atom is -0.493 e. The molecule has 31 heavy (non-hydrogen) atoms. The van der Waals surface area contributed by atoms with E-state index in [0.29, 0.717) is 0 Å². The molecule has 0 atom stereocenters. The Bertz CT molecular complexity index is 1010. The Balaban J connectivity index is 0.000000488. The molecule has 0 unspecified atom stereocenters. The zero-order valence-electron chi connectivity index (χ0n) is 15.8. The summed E-state index contributed by atoms with van der Waals surface area (Å²) in [6.07, 6.45) is 0.0406. The summed E-state index contributed by atoms with van der Waals surface area (Å²) in [6, 6.07) is 7.73. The number of benzene rings is 2. The van der Waals surface area contributed by atoms with Crippen molar-refractivity contribution < 1.29 is 27.4 Å². The first-order valence-corrected chi connectivity index (χ1v) is 9.01. The minimum absolute atomic E-state index is 0.0256. The highest BCUT2D eigenvalue weighted by Crippen LogP contribution is 2.39. The first-order valence-electron chi connectivity index (χ1n) is 8.25. The van der Waals surface area contributed by atoms with Gasteiger partial charge in [0.1, 0.15) is 23.7 Å². The van der Waals surface area contributed by atoms with E-state index < -0.39 is 12.1 Å². The fourth-order valence-corrected chi connectivity index (χ4v) is 2.44. The van der Waals surface area contributed by atoms with Gasteiger partial charge in [0.2, 0.25) is 0 Å². The lowest BCUT2D eigenvalue weighted by atomic mass is 10.2. The van der Waals surface area contributed by atoms with Gasteiger partial charge in [0, 0.05) is 24.5 Å². The number of nitrogens with two attached hydrogens (primary N) is 1. The second-order valence-corrected chi connectivity index (χ2v) is 6.36. The number of aromatic nitrogens is 2. The normalized spacial score (nSPS) is 10.5. The summed E-state index contributed by atoms with van der Waals surface area (Å²) in [5.41, 5.74) is 5.64. The van der Waals surface area contributed by atoms with Crippen LogP contribution in [0.1, 0.15) is 5.56 Å². The van der Waals surface area contributed by atoms with Gasteiger partial charge in [0.25, 0.3) is 0 Å². The number of nitrogen functional groups attached to an aromatic ring is 1. The molecule has 0 saturated heterocycles. The van der Waals surface area contributed by atoms with Crippen LogP contribution in [0.5, 0.6) is 23.0 Å². The van der Waals surface area contributed by atoms with Gasteiger partial charge >= 0.3 is 6.36 Å². The van der Waals surface area contributed by atoms with Crippen molar-refractivity contribution in [1.82, 2.24) is 9.97 Å². The van der Waals surface area contributed by atoms with Crippen molar-refractivity contribution >= 4 is 29.0 Å². The van der Waals surface area contributed by atoms with Crippen molar-refractivity contribution in [3.05, 3.63) is 70.7 Å². The zero-order chi connectivity index (χ0) is 23.0. The van der Waals surface area contributed by atoms with Crippen LogP contribution < -0.4 is 19.9 Å². The van der Waals surface area contributed by atoms with Crippen LogP contribution in [0.15, 0.2) is 55.1 Å². The number of alkyl halides is 3. The average Bonchev–Trinajstić information content (AvgIpc) is 2.72. The summed E-state index contributed by atoms with van der Waals surface area (Å²) in [5, 5.41) is 7.88. The van der Waals surface area contributed by atoms with Crippen molar-refractivity contribution in [3.8, 4) is 23.0 Å². The SMILES string of the molecule is COc1cc(OC(F)(F)F)ccc1Oc1cc(Cl)c(Cl)cc1C(=N)N.c1cncnc1. The number of halogens is 5. The van der Waals surface area contributed by atoms with Gasteiger partial charge in [-0.25, -0.2) is 9.97 Å². The van der Waals surface area contributed by atoms with Gasteiger partial charge in [-0.15, -0.1) is 13.2 Å². The summed E-state index contributed by atoms with van der Waals surface area (Å²) in [6.45, 7) is 0. The molecule has 2 aromatic carbocycles. The third-order valence-corrected chi connectivity index (χ3v) is 4.10. The number of nitrogens with one attached hydrogen (secondary N) is 1. The van der Waals surface area contributed by atoms with Gasteiger partial charge < -0.3 is 19.9 Å². The zero-order valence-corrected chi connectivity index (χ0v) is 17.3. The maximum absolute atomic E-state index is 12.3. The summed E-state index contributed by atoms with van der Waals surface area (Å²) in [7, 11) is 1.25. The maximum atomic E-state index is 12.3. The topological polar surface area (TPSA) is 103 Å². The van der Waals surface area contributed by atoms with Crippen LogP contribution in [-0.4, -0.2) is 29.3 Å². The monoisotopic (exact) mass is 474 g/mol. The van der Waals surface area contributed by atoms with Crippen LogP contribution in [0.2, 0.25) is 10.0 Å². The smallest absolute Gasteiger partial charge is 0.493 e. The largest absolute Gasteiger partial charge is 0.573 e. The molecule has 3 aromatic rings. The Morgan fingerprint density at radius 1 is 1.00 bits per heavy atom. The molecule has 0 bridgehead atoms. The predicted molar refractivity (Wildman–Crippen MR) is 109 cm³/mol. The van der Waals surface area contributed by atoms with E-state index in [4.69, 9.17) is 43.8 Å². The molecule has 0 spiro atoms. The molecule has 0 aliphatic heterocycles. The van der Waals surface area contributed by atoms with Crippen LogP contribution in [0.3, 0.4) is 0 Å². The lowest BCUT2D eigenvalue weighted by molar-refractivity contribution is -0.274. The molecule has 0 aliphatic rings. The van der Waals surface area contributed by atoms with Crippen LogP contribution in [0.25, 0.3) is 0 Å². The van der Waals surface area contributed by atoms with Gasteiger partial charge in [-0.3, -0.25) is 5.41 Å². The Morgan fingerprint density at radius 3 is 2.13 bits per heavy atom.